The molecule has 3 aromatic rings. The third-order valence-electron chi connectivity index (χ3n) is 4.15. The number of imidazole rings is 1. The lowest BCUT2D eigenvalue weighted by Crippen LogP contribution is -2.29. The van der Waals surface area contributed by atoms with Crippen molar-refractivity contribution in [1.82, 2.24) is 24.7 Å². The molecule has 2 atom stereocenters. The van der Waals surface area contributed by atoms with Crippen LogP contribution in [0.25, 0.3) is 17.0 Å². The summed E-state index contributed by atoms with van der Waals surface area (Å²) < 4.78 is 21.1. The van der Waals surface area contributed by atoms with Gasteiger partial charge < -0.3 is 15.4 Å². The predicted octanol–water partition coefficient (Wildman–Crippen LogP) is 1.91. The van der Waals surface area contributed by atoms with Crippen molar-refractivity contribution in [3.05, 3.63) is 36.8 Å². The van der Waals surface area contributed by atoms with Gasteiger partial charge >= 0.3 is 0 Å². The number of nitrogens with zero attached hydrogens (tertiary/aromatic N) is 4. The van der Waals surface area contributed by atoms with Crippen LogP contribution >= 0.6 is 0 Å². The molecule has 8 heteroatoms. The predicted molar refractivity (Wildman–Crippen MR) is 92.6 cm³/mol. The van der Waals surface area contributed by atoms with E-state index in [0.29, 0.717) is 37.0 Å². The Balaban J connectivity index is 1.66. The van der Waals surface area contributed by atoms with Crippen molar-refractivity contribution >= 4 is 11.5 Å². The zero-order valence-corrected chi connectivity index (χ0v) is 13.8. The van der Waals surface area contributed by atoms with Crippen LogP contribution in [-0.2, 0) is 0 Å². The van der Waals surface area contributed by atoms with Gasteiger partial charge in [-0.05, 0) is 19.1 Å². The van der Waals surface area contributed by atoms with Crippen LogP contribution in [0.2, 0.25) is 0 Å². The Morgan fingerprint density at radius 3 is 3.04 bits per heavy atom. The minimum absolute atomic E-state index is 0.265. The number of hydrogen-bond acceptors (Lipinski definition) is 6. The van der Waals surface area contributed by atoms with Crippen LogP contribution in [0.5, 0.6) is 5.88 Å². The van der Waals surface area contributed by atoms with Gasteiger partial charge in [-0.3, -0.25) is 4.40 Å². The SMILES string of the molecule is CCOc1cn2c(-c3cccc(N[C@H]4CNC[C@@H]4F)n3)cnc2cn1. The zero-order chi connectivity index (χ0) is 17.2. The standard InChI is InChI=1S/C17H19FN6O/c1-2-25-17-10-24-14(8-20-16(24)9-21-17)12-4-3-5-15(22-12)23-13-7-19-6-11(13)18/h3-5,8-11,13,19H,2,6-7H2,1H3,(H,22,23)/t11-,13-/m0/s1. The third kappa shape index (κ3) is 3.12. The van der Waals surface area contributed by atoms with Crippen molar-refractivity contribution in [2.45, 2.75) is 19.1 Å². The van der Waals surface area contributed by atoms with Crippen molar-refractivity contribution < 1.29 is 9.13 Å². The molecule has 2 N–H and O–H groups in total. The molecule has 1 fully saturated rings. The molecule has 1 saturated heterocycles. The van der Waals surface area contributed by atoms with Gasteiger partial charge in [0.15, 0.2) is 5.65 Å². The summed E-state index contributed by atoms with van der Waals surface area (Å²) in [7, 11) is 0. The fourth-order valence-corrected chi connectivity index (χ4v) is 2.92. The molecule has 0 aromatic carbocycles. The zero-order valence-electron chi connectivity index (χ0n) is 13.8. The van der Waals surface area contributed by atoms with Gasteiger partial charge in [-0.15, -0.1) is 0 Å². The maximum Gasteiger partial charge on any atom is 0.230 e. The number of halogens is 1. The molecule has 4 heterocycles. The monoisotopic (exact) mass is 342 g/mol. The number of hydrogen-bond donors (Lipinski definition) is 2. The Kier molecular flexibility index (Phi) is 4.19. The van der Waals surface area contributed by atoms with Gasteiger partial charge in [-0.2, -0.15) is 0 Å². The summed E-state index contributed by atoms with van der Waals surface area (Å²) in [5.41, 5.74) is 2.28. The molecule has 0 aliphatic carbocycles. The molecule has 0 unspecified atom stereocenters. The van der Waals surface area contributed by atoms with Gasteiger partial charge in [0.25, 0.3) is 0 Å². The molecule has 4 rings (SSSR count). The van der Waals surface area contributed by atoms with Crippen LogP contribution in [0, 0.1) is 0 Å². The summed E-state index contributed by atoms with van der Waals surface area (Å²) in [5.74, 6) is 1.17. The van der Waals surface area contributed by atoms with E-state index in [1.54, 1.807) is 18.6 Å². The van der Waals surface area contributed by atoms with E-state index >= 15 is 0 Å². The molecule has 7 nitrogen and oxygen atoms in total. The number of pyridine rings is 1. The van der Waals surface area contributed by atoms with Crippen LogP contribution in [-0.4, -0.2) is 51.3 Å². The van der Waals surface area contributed by atoms with E-state index in [1.165, 1.54) is 0 Å². The number of rotatable bonds is 5. The van der Waals surface area contributed by atoms with E-state index < -0.39 is 6.17 Å². The van der Waals surface area contributed by atoms with Gasteiger partial charge in [0, 0.05) is 13.1 Å². The highest BCUT2D eigenvalue weighted by atomic mass is 19.1. The molecule has 0 bridgehead atoms. The average molecular weight is 342 g/mol. The molecule has 1 aliphatic heterocycles. The Hall–Kier alpha value is -2.74. The van der Waals surface area contributed by atoms with Crippen molar-refractivity contribution in [2.24, 2.45) is 0 Å². The lowest BCUT2D eigenvalue weighted by Gasteiger charge is -2.15. The lowest BCUT2D eigenvalue weighted by atomic mass is 10.2. The van der Waals surface area contributed by atoms with Crippen LogP contribution in [0.1, 0.15) is 6.92 Å². The first-order valence-electron chi connectivity index (χ1n) is 8.29. The number of ether oxygens (including phenoxy) is 1. The van der Waals surface area contributed by atoms with Crippen LogP contribution < -0.4 is 15.4 Å². The quantitative estimate of drug-likeness (QED) is 0.738. The smallest absolute Gasteiger partial charge is 0.230 e. The van der Waals surface area contributed by atoms with Crippen molar-refractivity contribution in [3.8, 4) is 17.3 Å². The summed E-state index contributed by atoms with van der Waals surface area (Å²) >= 11 is 0. The van der Waals surface area contributed by atoms with Gasteiger partial charge in [0.05, 0.1) is 42.6 Å². The second kappa shape index (κ2) is 6.64. The highest BCUT2D eigenvalue weighted by Crippen LogP contribution is 2.22. The average Bonchev–Trinajstić information content (AvgIpc) is 3.22. The molecular weight excluding hydrogens is 323 g/mol. The normalized spacial score (nSPS) is 20.1. The van der Waals surface area contributed by atoms with Crippen LogP contribution in [0.15, 0.2) is 36.8 Å². The number of nitrogens with one attached hydrogen (secondary N) is 2. The fourth-order valence-electron chi connectivity index (χ4n) is 2.92. The molecule has 1 aliphatic rings. The molecule has 3 aromatic heterocycles. The molecule has 0 amide bonds. The minimum atomic E-state index is -0.916. The van der Waals surface area contributed by atoms with Crippen molar-refractivity contribution in [1.29, 1.82) is 0 Å². The van der Waals surface area contributed by atoms with Crippen LogP contribution in [0.4, 0.5) is 10.2 Å². The Morgan fingerprint density at radius 1 is 1.32 bits per heavy atom. The Bertz CT molecular complexity index is 882. The van der Waals surface area contributed by atoms with E-state index in [-0.39, 0.29) is 6.04 Å². The maximum atomic E-state index is 13.8. The van der Waals surface area contributed by atoms with E-state index in [2.05, 4.69) is 25.6 Å². The molecule has 25 heavy (non-hydrogen) atoms. The summed E-state index contributed by atoms with van der Waals surface area (Å²) in [4.78, 5) is 13.2. The first-order valence-corrected chi connectivity index (χ1v) is 8.29. The lowest BCUT2D eigenvalue weighted by molar-refractivity contribution is 0.325. The molecular formula is C17H19FN6O. The molecule has 0 saturated carbocycles. The minimum Gasteiger partial charge on any atom is -0.477 e. The van der Waals surface area contributed by atoms with Gasteiger partial charge in [-0.25, -0.2) is 19.3 Å². The topological polar surface area (TPSA) is 76.4 Å². The van der Waals surface area contributed by atoms with Crippen LogP contribution in [0.3, 0.4) is 0 Å². The Labute approximate surface area is 144 Å². The number of aromatic nitrogens is 4. The number of fused-ring (bicyclic) bond motifs is 1. The van der Waals surface area contributed by atoms with Crippen molar-refractivity contribution in [3.63, 3.8) is 0 Å². The first kappa shape index (κ1) is 15.8. The second-order valence-electron chi connectivity index (χ2n) is 5.86. The highest BCUT2D eigenvalue weighted by molar-refractivity contribution is 5.61. The largest absolute Gasteiger partial charge is 0.477 e. The summed E-state index contributed by atoms with van der Waals surface area (Å²) in [6, 6.07) is 5.36. The van der Waals surface area contributed by atoms with E-state index in [4.69, 9.17) is 4.74 Å². The van der Waals surface area contributed by atoms with Gasteiger partial charge in [0.2, 0.25) is 5.88 Å². The summed E-state index contributed by atoms with van der Waals surface area (Å²) in [5, 5.41) is 6.18. The summed E-state index contributed by atoms with van der Waals surface area (Å²) in [6.45, 7) is 3.41. The molecule has 0 spiro atoms. The second-order valence-corrected chi connectivity index (χ2v) is 5.86. The first-order chi connectivity index (χ1) is 12.2. The maximum absolute atomic E-state index is 13.8. The highest BCUT2D eigenvalue weighted by Gasteiger charge is 2.26. The van der Waals surface area contributed by atoms with E-state index in [0.717, 1.165) is 11.4 Å². The Morgan fingerprint density at radius 2 is 2.24 bits per heavy atom. The van der Waals surface area contributed by atoms with E-state index in [9.17, 15) is 4.39 Å². The third-order valence-corrected chi connectivity index (χ3v) is 4.15. The number of alkyl halides is 1. The fraction of sp³-hybridized carbons (Fsp3) is 0.353. The van der Waals surface area contributed by atoms with E-state index in [1.807, 2.05) is 29.5 Å². The molecule has 130 valence electrons. The molecule has 0 radical (unpaired) electrons. The van der Waals surface area contributed by atoms with Gasteiger partial charge in [-0.1, -0.05) is 6.07 Å². The van der Waals surface area contributed by atoms with Gasteiger partial charge in [0.1, 0.15) is 12.0 Å². The number of anilines is 1. The summed E-state index contributed by atoms with van der Waals surface area (Å²) in [6.07, 6.45) is 4.28. The van der Waals surface area contributed by atoms with Crippen molar-refractivity contribution in [2.75, 3.05) is 25.0 Å².